The Kier molecular flexibility index (Phi) is 3.63. The van der Waals surface area contributed by atoms with Crippen molar-refractivity contribution in [3.63, 3.8) is 0 Å². The highest BCUT2D eigenvalue weighted by Gasteiger charge is 2.22. The number of thiophene rings is 1. The molecular weight excluding hydrogens is 286 g/mol. The van der Waals surface area contributed by atoms with Crippen LogP contribution in [0.4, 0.5) is 0 Å². The third kappa shape index (κ3) is 2.63. The normalized spacial score (nSPS) is 18.0. The van der Waals surface area contributed by atoms with E-state index in [1.165, 1.54) is 11.3 Å². The van der Waals surface area contributed by atoms with Crippen molar-refractivity contribution in [3.8, 4) is 0 Å². The molecule has 0 spiro atoms. The number of rotatable bonds is 3. The lowest BCUT2D eigenvalue weighted by Gasteiger charge is -2.10. The van der Waals surface area contributed by atoms with Gasteiger partial charge < -0.3 is 10.6 Å². The zero-order chi connectivity index (χ0) is 15.0. The van der Waals surface area contributed by atoms with Crippen LogP contribution in [0.15, 0.2) is 12.3 Å². The summed E-state index contributed by atoms with van der Waals surface area (Å²) in [5.41, 5.74) is 2.12. The van der Waals surface area contributed by atoms with Crippen molar-refractivity contribution in [1.29, 1.82) is 0 Å². The van der Waals surface area contributed by atoms with Gasteiger partial charge in [-0.25, -0.2) is 4.98 Å². The van der Waals surface area contributed by atoms with Crippen LogP contribution in [0.25, 0.3) is 10.2 Å². The fourth-order valence-electron chi connectivity index (χ4n) is 2.70. The first kappa shape index (κ1) is 14.0. The number of hydrogen-bond acceptors (Lipinski definition) is 4. The van der Waals surface area contributed by atoms with Crippen LogP contribution in [-0.2, 0) is 4.79 Å². The standard InChI is InChI=1S/C15H17N3O2S/c1-8-5-6-16-15-12(8)9(2)13(21-15)14(20)17-7-10-3-4-11(19)18-10/h5-6,10H,3-4,7H2,1-2H3,(H,17,20)(H,18,19)/t10-/m1/s1. The predicted octanol–water partition coefficient (Wildman–Crippen LogP) is 1.92. The summed E-state index contributed by atoms with van der Waals surface area (Å²) >= 11 is 1.42. The Morgan fingerprint density at radius 3 is 3.00 bits per heavy atom. The molecule has 2 aromatic heterocycles. The summed E-state index contributed by atoms with van der Waals surface area (Å²) in [6, 6.07) is 2.01. The van der Waals surface area contributed by atoms with E-state index in [4.69, 9.17) is 0 Å². The van der Waals surface area contributed by atoms with Crippen LogP contribution in [0.3, 0.4) is 0 Å². The zero-order valence-corrected chi connectivity index (χ0v) is 12.8. The quantitative estimate of drug-likeness (QED) is 0.910. The molecule has 1 aliphatic heterocycles. The molecule has 1 saturated heterocycles. The first-order chi connectivity index (χ1) is 10.1. The number of carbonyl (C=O) groups is 2. The third-order valence-electron chi connectivity index (χ3n) is 3.84. The second-order valence-electron chi connectivity index (χ2n) is 5.38. The van der Waals surface area contributed by atoms with Gasteiger partial charge in [-0.15, -0.1) is 11.3 Å². The van der Waals surface area contributed by atoms with Crippen LogP contribution in [0.2, 0.25) is 0 Å². The van der Waals surface area contributed by atoms with Gasteiger partial charge in [0.15, 0.2) is 0 Å². The second-order valence-corrected chi connectivity index (χ2v) is 6.38. The minimum atomic E-state index is -0.0870. The molecule has 1 atom stereocenters. The summed E-state index contributed by atoms with van der Waals surface area (Å²) in [5.74, 6) is -0.0248. The van der Waals surface area contributed by atoms with E-state index in [1.54, 1.807) is 6.20 Å². The SMILES string of the molecule is Cc1ccnc2sc(C(=O)NC[C@H]3CCC(=O)N3)c(C)c12. The monoisotopic (exact) mass is 303 g/mol. The van der Waals surface area contributed by atoms with Gasteiger partial charge in [0, 0.05) is 30.6 Å². The summed E-state index contributed by atoms with van der Waals surface area (Å²) in [4.78, 5) is 29.4. The molecule has 0 unspecified atom stereocenters. The third-order valence-corrected chi connectivity index (χ3v) is 5.04. The Balaban J connectivity index is 1.77. The van der Waals surface area contributed by atoms with Gasteiger partial charge >= 0.3 is 0 Å². The fourth-order valence-corrected chi connectivity index (χ4v) is 3.84. The number of nitrogens with zero attached hydrogens (tertiary/aromatic N) is 1. The van der Waals surface area contributed by atoms with E-state index in [2.05, 4.69) is 15.6 Å². The molecule has 0 bridgehead atoms. The van der Waals surface area contributed by atoms with E-state index in [1.807, 2.05) is 19.9 Å². The van der Waals surface area contributed by atoms with E-state index in [-0.39, 0.29) is 17.9 Å². The molecule has 1 fully saturated rings. The van der Waals surface area contributed by atoms with E-state index in [0.29, 0.717) is 17.8 Å². The van der Waals surface area contributed by atoms with Gasteiger partial charge in [-0.3, -0.25) is 9.59 Å². The number of aromatic nitrogens is 1. The van der Waals surface area contributed by atoms with Crippen LogP contribution >= 0.6 is 11.3 Å². The number of hydrogen-bond donors (Lipinski definition) is 2. The zero-order valence-electron chi connectivity index (χ0n) is 12.0. The molecule has 6 heteroatoms. The van der Waals surface area contributed by atoms with Gasteiger partial charge in [-0.05, 0) is 37.5 Å². The van der Waals surface area contributed by atoms with Crippen LogP contribution in [-0.4, -0.2) is 29.4 Å². The van der Waals surface area contributed by atoms with Gasteiger partial charge in [0.2, 0.25) is 5.91 Å². The number of carbonyl (C=O) groups excluding carboxylic acids is 2. The summed E-state index contributed by atoms with van der Waals surface area (Å²) in [6.07, 6.45) is 3.10. The Morgan fingerprint density at radius 1 is 1.52 bits per heavy atom. The Morgan fingerprint density at radius 2 is 2.33 bits per heavy atom. The second kappa shape index (κ2) is 5.44. The molecular formula is C15H17N3O2S. The highest BCUT2D eigenvalue weighted by molar-refractivity contribution is 7.20. The lowest BCUT2D eigenvalue weighted by molar-refractivity contribution is -0.119. The maximum absolute atomic E-state index is 12.3. The molecule has 1 aliphatic rings. The van der Waals surface area contributed by atoms with Gasteiger partial charge in [-0.2, -0.15) is 0 Å². The first-order valence-electron chi connectivity index (χ1n) is 6.98. The lowest BCUT2D eigenvalue weighted by Crippen LogP contribution is -2.38. The molecule has 0 saturated carbocycles. The Labute approximate surface area is 126 Å². The van der Waals surface area contributed by atoms with Crippen molar-refractivity contribution in [2.24, 2.45) is 0 Å². The van der Waals surface area contributed by atoms with Crippen molar-refractivity contribution in [3.05, 3.63) is 28.3 Å². The molecule has 5 nitrogen and oxygen atoms in total. The van der Waals surface area contributed by atoms with Crippen LogP contribution in [0.5, 0.6) is 0 Å². The van der Waals surface area contributed by atoms with Crippen molar-refractivity contribution in [1.82, 2.24) is 15.6 Å². The Hall–Kier alpha value is -1.95. The number of nitrogens with one attached hydrogen (secondary N) is 2. The number of aryl methyl sites for hydroxylation is 2. The number of pyridine rings is 1. The van der Waals surface area contributed by atoms with Crippen LogP contribution in [0.1, 0.15) is 33.6 Å². The average molecular weight is 303 g/mol. The van der Waals surface area contributed by atoms with E-state index >= 15 is 0 Å². The van der Waals surface area contributed by atoms with E-state index in [9.17, 15) is 9.59 Å². The van der Waals surface area contributed by atoms with Crippen molar-refractivity contribution >= 4 is 33.4 Å². The predicted molar refractivity (Wildman–Crippen MR) is 82.6 cm³/mol. The molecule has 2 aromatic rings. The number of fused-ring (bicyclic) bond motifs is 1. The van der Waals surface area contributed by atoms with Crippen molar-refractivity contribution < 1.29 is 9.59 Å². The van der Waals surface area contributed by atoms with Gasteiger partial charge in [0.1, 0.15) is 4.83 Å². The highest BCUT2D eigenvalue weighted by atomic mass is 32.1. The van der Waals surface area contributed by atoms with Gasteiger partial charge in [0.25, 0.3) is 5.91 Å². The molecule has 2 amide bonds. The molecule has 3 rings (SSSR count). The van der Waals surface area contributed by atoms with Crippen LogP contribution < -0.4 is 10.6 Å². The highest BCUT2D eigenvalue weighted by Crippen LogP contribution is 2.31. The smallest absolute Gasteiger partial charge is 0.261 e. The first-order valence-corrected chi connectivity index (χ1v) is 7.80. The minimum absolute atomic E-state index is 0.0518. The minimum Gasteiger partial charge on any atom is -0.352 e. The van der Waals surface area contributed by atoms with E-state index in [0.717, 1.165) is 27.8 Å². The average Bonchev–Trinajstić information content (AvgIpc) is 3.01. The summed E-state index contributed by atoms with van der Waals surface area (Å²) in [6.45, 7) is 4.46. The summed E-state index contributed by atoms with van der Waals surface area (Å²) < 4.78 is 0. The molecule has 0 aliphatic carbocycles. The van der Waals surface area contributed by atoms with Crippen molar-refractivity contribution in [2.45, 2.75) is 32.7 Å². The summed E-state index contributed by atoms with van der Waals surface area (Å²) in [7, 11) is 0. The molecule has 21 heavy (non-hydrogen) atoms. The van der Waals surface area contributed by atoms with Gasteiger partial charge in [-0.1, -0.05) is 0 Å². The maximum atomic E-state index is 12.3. The van der Waals surface area contributed by atoms with Gasteiger partial charge in [0.05, 0.1) is 4.88 Å². The summed E-state index contributed by atoms with van der Waals surface area (Å²) in [5, 5.41) is 6.83. The molecule has 0 aromatic carbocycles. The maximum Gasteiger partial charge on any atom is 0.261 e. The fraction of sp³-hybridized carbons (Fsp3) is 0.400. The lowest BCUT2D eigenvalue weighted by atomic mass is 10.1. The van der Waals surface area contributed by atoms with E-state index < -0.39 is 0 Å². The molecule has 3 heterocycles. The Bertz CT molecular complexity index is 723. The van der Waals surface area contributed by atoms with Crippen molar-refractivity contribution in [2.75, 3.05) is 6.54 Å². The topological polar surface area (TPSA) is 71.1 Å². The van der Waals surface area contributed by atoms with Crippen LogP contribution in [0, 0.1) is 13.8 Å². The largest absolute Gasteiger partial charge is 0.352 e. The molecule has 0 radical (unpaired) electrons. The molecule has 2 N–H and O–H groups in total. The number of amides is 2. The molecule has 110 valence electrons.